The van der Waals surface area contributed by atoms with E-state index in [1.54, 1.807) is 6.07 Å². The summed E-state index contributed by atoms with van der Waals surface area (Å²) in [5.74, 6) is 1.46. The maximum Gasteiger partial charge on any atom is 0.140 e. The first-order valence-electron chi connectivity index (χ1n) is 13.7. The van der Waals surface area contributed by atoms with E-state index >= 15 is 0 Å². The zero-order valence-electron chi connectivity index (χ0n) is 22.4. The second-order valence-corrected chi connectivity index (χ2v) is 10.3. The first-order chi connectivity index (χ1) is 20.8. The molecule has 0 aliphatic carbocycles. The van der Waals surface area contributed by atoms with Gasteiger partial charge in [0, 0.05) is 27.1 Å². The molecule has 5 aromatic carbocycles. The lowest BCUT2D eigenvalue weighted by Crippen LogP contribution is -2.05. The highest BCUT2D eigenvalue weighted by Crippen LogP contribution is 2.37. The van der Waals surface area contributed by atoms with Crippen LogP contribution in [0.2, 0.25) is 0 Å². The summed E-state index contributed by atoms with van der Waals surface area (Å²) < 4.78 is 4.37. The Labute approximate surface area is 241 Å². The fourth-order valence-electron chi connectivity index (χ4n) is 6.23. The number of hydrogen-bond acceptors (Lipinski definition) is 3. The molecule has 194 valence electrons. The van der Waals surface area contributed by atoms with Crippen LogP contribution >= 0.6 is 0 Å². The lowest BCUT2D eigenvalue weighted by molar-refractivity contribution is 1.01. The third-order valence-electron chi connectivity index (χ3n) is 8.02. The van der Waals surface area contributed by atoms with Crippen LogP contribution in [0.1, 0.15) is 11.1 Å². The molecule has 0 radical (unpaired) electrons. The molecule has 0 saturated heterocycles. The molecule has 8 rings (SSSR count). The topological polar surface area (TPSA) is 70.3 Å². The van der Waals surface area contributed by atoms with Gasteiger partial charge in [-0.3, -0.25) is 9.13 Å². The summed E-state index contributed by atoms with van der Waals surface area (Å²) in [4.78, 5) is 5.32. The SMILES string of the molecule is N#Cc1cccc(-c2cc(-n3c4ccccc4c4ccccc43)nc(-n3c4ccccc4c4ccccc43)c2)c1C#N. The highest BCUT2D eigenvalue weighted by molar-refractivity contribution is 6.10. The zero-order valence-corrected chi connectivity index (χ0v) is 22.4. The van der Waals surface area contributed by atoms with Gasteiger partial charge < -0.3 is 0 Å². The Kier molecular flexibility index (Phi) is 5.19. The van der Waals surface area contributed by atoms with E-state index in [0.717, 1.165) is 60.8 Å². The van der Waals surface area contributed by atoms with Crippen LogP contribution < -0.4 is 0 Å². The lowest BCUT2D eigenvalue weighted by atomic mass is 9.97. The van der Waals surface area contributed by atoms with Crippen LogP contribution in [-0.2, 0) is 0 Å². The Hall–Kier alpha value is -6.17. The van der Waals surface area contributed by atoms with E-state index in [4.69, 9.17) is 4.98 Å². The summed E-state index contributed by atoms with van der Waals surface area (Å²) in [6, 6.07) is 47.3. The molecule has 0 N–H and O–H groups in total. The number of pyridine rings is 1. The van der Waals surface area contributed by atoms with Gasteiger partial charge in [-0.15, -0.1) is 0 Å². The third kappa shape index (κ3) is 3.38. The number of nitriles is 2. The number of fused-ring (bicyclic) bond motifs is 6. The standard InChI is InChI=1S/C37H21N5/c38-22-24-10-9-15-26(31(24)23-39)25-20-36(41-32-16-5-1-11-27(32)28-12-2-6-17-33(28)41)40-37(21-25)42-34-18-7-3-13-29(34)30-14-4-8-19-35(30)42/h1-21H. The second-order valence-electron chi connectivity index (χ2n) is 10.3. The van der Waals surface area contributed by atoms with Gasteiger partial charge in [-0.25, -0.2) is 4.98 Å². The van der Waals surface area contributed by atoms with Crippen molar-refractivity contribution in [1.82, 2.24) is 14.1 Å². The molecule has 0 spiro atoms. The van der Waals surface area contributed by atoms with Gasteiger partial charge in [0.2, 0.25) is 0 Å². The van der Waals surface area contributed by atoms with Gasteiger partial charge in [-0.2, -0.15) is 10.5 Å². The van der Waals surface area contributed by atoms with Crippen LogP contribution in [0.25, 0.3) is 66.4 Å². The number of benzene rings is 5. The number of hydrogen-bond donors (Lipinski definition) is 0. The van der Waals surface area contributed by atoms with Crippen molar-refractivity contribution < 1.29 is 0 Å². The van der Waals surface area contributed by atoms with Gasteiger partial charge in [0.05, 0.1) is 33.2 Å². The minimum absolute atomic E-state index is 0.351. The first-order valence-corrected chi connectivity index (χ1v) is 13.7. The molecular formula is C37H21N5. The minimum Gasteiger partial charge on any atom is -0.294 e. The molecule has 0 fully saturated rings. The maximum atomic E-state index is 10.1. The summed E-state index contributed by atoms with van der Waals surface area (Å²) in [7, 11) is 0. The molecule has 0 saturated carbocycles. The average Bonchev–Trinajstić information content (AvgIpc) is 3.57. The molecule has 5 nitrogen and oxygen atoms in total. The predicted octanol–water partition coefficient (Wildman–Crippen LogP) is 8.69. The predicted molar refractivity (Wildman–Crippen MR) is 168 cm³/mol. The van der Waals surface area contributed by atoms with E-state index in [2.05, 4.69) is 94.1 Å². The Morgan fingerprint density at radius 1 is 0.476 bits per heavy atom. The molecule has 0 aliphatic heterocycles. The fourth-order valence-corrected chi connectivity index (χ4v) is 6.23. The monoisotopic (exact) mass is 535 g/mol. The van der Waals surface area contributed by atoms with E-state index < -0.39 is 0 Å². The largest absolute Gasteiger partial charge is 0.294 e. The van der Waals surface area contributed by atoms with Crippen LogP contribution in [0.15, 0.2) is 127 Å². The molecule has 0 aliphatic rings. The number of aromatic nitrogens is 3. The van der Waals surface area contributed by atoms with E-state index in [1.807, 2.05) is 48.5 Å². The van der Waals surface area contributed by atoms with Gasteiger partial charge in [-0.1, -0.05) is 84.9 Å². The van der Waals surface area contributed by atoms with E-state index in [-0.39, 0.29) is 0 Å². The molecule has 3 aromatic heterocycles. The third-order valence-corrected chi connectivity index (χ3v) is 8.02. The summed E-state index contributed by atoms with van der Waals surface area (Å²) in [5, 5.41) is 24.5. The maximum absolute atomic E-state index is 10.1. The average molecular weight is 536 g/mol. The quantitative estimate of drug-likeness (QED) is 0.227. The van der Waals surface area contributed by atoms with Crippen molar-refractivity contribution in [2.45, 2.75) is 0 Å². The molecule has 8 aromatic rings. The van der Waals surface area contributed by atoms with Gasteiger partial charge in [0.25, 0.3) is 0 Å². The molecule has 42 heavy (non-hydrogen) atoms. The summed E-state index contributed by atoms with van der Waals surface area (Å²) >= 11 is 0. The Morgan fingerprint density at radius 3 is 1.31 bits per heavy atom. The molecule has 0 atom stereocenters. The molecule has 0 unspecified atom stereocenters. The first kappa shape index (κ1) is 23.7. The molecule has 5 heteroatoms. The van der Waals surface area contributed by atoms with Gasteiger partial charge in [0.15, 0.2) is 0 Å². The zero-order chi connectivity index (χ0) is 28.2. The Bertz CT molecular complexity index is 2210. The Morgan fingerprint density at radius 2 is 0.905 bits per heavy atom. The van der Waals surface area contributed by atoms with Crippen molar-refractivity contribution in [3.63, 3.8) is 0 Å². The van der Waals surface area contributed by atoms with Crippen molar-refractivity contribution in [2.75, 3.05) is 0 Å². The van der Waals surface area contributed by atoms with Crippen LogP contribution in [0.5, 0.6) is 0 Å². The van der Waals surface area contributed by atoms with Crippen LogP contribution in [-0.4, -0.2) is 14.1 Å². The summed E-state index contributed by atoms with van der Waals surface area (Å²) in [6.45, 7) is 0. The van der Waals surface area contributed by atoms with E-state index in [1.165, 1.54) is 0 Å². The smallest absolute Gasteiger partial charge is 0.140 e. The van der Waals surface area contributed by atoms with Crippen molar-refractivity contribution in [2.24, 2.45) is 0 Å². The lowest BCUT2D eigenvalue weighted by Gasteiger charge is -2.15. The molecular weight excluding hydrogens is 514 g/mol. The fraction of sp³-hybridized carbons (Fsp3) is 0. The van der Waals surface area contributed by atoms with Gasteiger partial charge >= 0.3 is 0 Å². The van der Waals surface area contributed by atoms with Gasteiger partial charge in [0.1, 0.15) is 23.8 Å². The summed E-state index contributed by atoms with van der Waals surface area (Å²) in [6.07, 6.45) is 0. The minimum atomic E-state index is 0.351. The molecule has 0 amide bonds. The molecule has 3 heterocycles. The van der Waals surface area contributed by atoms with Crippen molar-refractivity contribution in [3.05, 3.63) is 139 Å². The van der Waals surface area contributed by atoms with Crippen molar-refractivity contribution >= 4 is 43.6 Å². The van der Waals surface area contributed by atoms with E-state index in [9.17, 15) is 10.5 Å². The second kappa shape index (κ2) is 9.20. The number of nitrogens with zero attached hydrogens (tertiary/aromatic N) is 5. The van der Waals surface area contributed by atoms with Crippen molar-refractivity contribution in [1.29, 1.82) is 10.5 Å². The van der Waals surface area contributed by atoms with Crippen LogP contribution in [0.3, 0.4) is 0 Å². The van der Waals surface area contributed by atoms with Crippen molar-refractivity contribution in [3.8, 4) is 34.9 Å². The van der Waals surface area contributed by atoms with Gasteiger partial charge in [-0.05, 0) is 48.0 Å². The number of para-hydroxylation sites is 4. The van der Waals surface area contributed by atoms with E-state index in [0.29, 0.717) is 16.7 Å². The van der Waals surface area contributed by atoms with Crippen LogP contribution in [0, 0.1) is 22.7 Å². The molecule has 0 bridgehead atoms. The Balaban J connectivity index is 1.53. The highest BCUT2D eigenvalue weighted by atomic mass is 15.1. The highest BCUT2D eigenvalue weighted by Gasteiger charge is 2.19. The number of rotatable bonds is 3. The normalized spacial score (nSPS) is 11.3. The summed E-state index contributed by atoms with van der Waals surface area (Å²) in [5.41, 5.74) is 6.39. The van der Waals surface area contributed by atoms with Crippen LogP contribution in [0.4, 0.5) is 0 Å².